The van der Waals surface area contributed by atoms with Gasteiger partial charge in [-0.05, 0) is 35.0 Å². The molecular weight excluding hydrogens is 237 g/mol. The van der Waals surface area contributed by atoms with Crippen LogP contribution in [0.4, 0.5) is 4.39 Å². The normalized spacial score (nSPS) is 21.2. The monoisotopic (exact) mass is 245 g/mol. The van der Waals surface area contributed by atoms with Crippen molar-refractivity contribution in [3.05, 3.63) is 28.0 Å². The molecule has 13 heavy (non-hydrogen) atoms. The standard InChI is InChI=1S/C9H9BrFNO/c10-8-6(11)2-1-5(9(8)13)7-3-4-12-7/h1-2,7,12-13H,3-4H2/t7-/m0/s1. The lowest BCUT2D eigenvalue weighted by molar-refractivity contribution is 0.362. The maximum Gasteiger partial charge on any atom is 0.141 e. The van der Waals surface area contributed by atoms with Crippen molar-refractivity contribution in [3.8, 4) is 5.75 Å². The SMILES string of the molecule is Oc1c([C@@H]2CCN2)ccc(F)c1Br. The molecule has 1 aliphatic rings. The average Bonchev–Trinajstić information content (AvgIpc) is 2.03. The first kappa shape index (κ1) is 8.97. The molecular formula is C9H9BrFNO. The fourth-order valence-corrected chi connectivity index (χ4v) is 1.75. The smallest absolute Gasteiger partial charge is 0.141 e. The van der Waals surface area contributed by atoms with E-state index < -0.39 is 5.82 Å². The van der Waals surface area contributed by atoms with Gasteiger partial charge in [-0.2, -0.15) is 0 Å². The molecule has 0 radical (unpaired) electrons. The van der Waals surface area contributed by atoms with Crippen LogP contribution in [-0.2, 0) is 0 Å². The van der Waals surface area contributed by atoms with Gasteiger partial charge in [-0.1, -0.05) is 6.07 Å². The molecule has 0 aliphatic carbocycles. The highest BCUT2D eigenvalue weighted by Crippen LogP contribution is 2.36. The van der Waals surface area contributed by atoms with Gasteiger partial charge < -0.3 is 10.4 Å². The fraction of sp³-hybridized carbons (Fsp3) is 0.333. The van der Waals surface area contributed by atoms with Crippen LogP contribution >= 0.6 is 15.9 Å². The summed E-state index contributed by atoms with van der Waals surface area (Å²) in [5.41, 5.74) is 0.763. The van der Waals surface area contributed by atoms with Gasteiger partial charge in [0.15, 0.2) is 0 Å². The predicted molar refractivity (Wildman–Crippen MR) is 51.1 cm³/mol. The molecule has 2 rings (SSSR count). The van der Waals surface area contributed by atoms with Crippen LogP contribution < -0.4 is 5.32 Å². The molecule has 0 unspecified atom stereocenters. The van der Waals surface area contributed by atoms with Crippen molar-refractivity contribution in [1.29, 1.82) is 0 Å². The summed E-state index contributed by atoms with van der Waals surface area (Å²) in [7, 11) is 0. The molecule has 1 fully saturated rings. The Labute approximate surface area is 83.9 Å². The second kappa shape index (κ2) is 3.27. The topological polar surface area (TPSA) is 32.3 Å². The Hall–Kier alpha value is -0.610. The second-order valence-corrected chi connectivity index (χ2v) is 3.89. The Morgan fingerprint density at radius 1 is 1.54 bits per heavy atom. The van der Waals surface area contributed by atoms with Gasteiger partial charge in [-0.25, -0.2) is 4.39 Å². The third-order valence-electron chi connectivity index (χ3n) is 2.30. The zero-order chi connectivity index (χ0) is 9.42. The van der Waals surface area contributed by atoms with Crippen molar-refractivity contribution >= 4 is 15.9 Å². The molecule has 1 aromatic carbocycles. The minimum absolute atomic E-state index is 0.0113. The quantitative estimate of drug-likeness (QED) is 0.797. The molecule has 0 spiro atoms. The van der Waals surface area contributed by atoms with E-state index in [1.807, 2.05) is 0 Å². The molecule has 0 saturated carbocycles. The predicted octanol–water partition coefficient (Wildman–Crippen LogP) is 2.33. The number of benzene rings is 1. The molecule has 2 N–H and O–H groups in total. The molecule has 0 bridgehead atoms. The summed E-state index contributed by atoms with van der Waals surface area (Å²) in [4.78, 5) is 0. The van der Waals surface area contributed by atoms with Crippen molar-refractivity contribution in [1.82, 2.24) is 5.32 Å². The number of phenolic OH excluding ortho intramolecular Hbond substituents is 1. The molecule has 0 aromatic heterocycles. The van der Waals surface area contributed by atoms with Crippen LogP contribution in [0.5, 0.6) is 5.75 Å². The Morgan fingerprint density at radius 2 is 2.23 bits per heavy atom. The first-order valence-electron chi connectivity index (χ1n) is 4.10. The van der Waals surface area contributed by atoms with E-state index >= 15 is 0 Å². The van der Waals surface area contributed by atoms with E-state index in [2.05, 4.69) is 21.2 Å². The highest BCUT2D eigenvalue weighted by molar-refractivity contribution is 9.10. The van der Waals surface area contributed by atoms with Gasteiger partial charge in [0.2, 0.25) is 0 Å². The van der Waals surface area contributed by atoms with Gasteiger partial charge in [0.05, 0.1) is 4.47 Å². The lowest BCUT2D eigenvalue weighted by atomic mass is 9.97. The number of hydrogen-bond donors (Lipinski definition) is 2. The van der Waals surface area contributed by atoms with Crippen molar-refractivity contribution in [3.63, 3.8) is 0 Å². The summed E-state index contributed by atoms with van der Waals surface area (Å²) in [6, 6.07) is 3.16. The highest BCUT2D eigenvalue weighted by atomic mass is 79.9. The van der Waals surface area contributed by atoms with Gasteiger partial charge in [-0.3, -0.25) is 0 Å². The Kier molecular flexibility index (Phi) is 2.26. The number of aromatic hydroxyl groups is 1. The maximum atomic E-state index is 12.9. The number of nitrogens with one attached hydrogen (secondary N) is 1. The van der Waals surface area contributed by atoms with E-state index in [1.54, 1.807) is 6.07 Å². The van der Waals surface area contributed by atoms with E-state index in [4.69, 9.17) is 0 Å². The zero-order valence-electron chi connectivity index (χ0n) is 6.85. The van der Waals surface area contributed by atoms with Crippen LogP contribution in [0.3, 0.4) is 0 Å². The van der Waals surface area contributed by atoms with Gasteiger partial charge in [0.25, 0.3) is 0 Å². The van der Waals surface area contributed by atoms with Gasteiger partial charge in [0, 0.05) is 11.6 Å². The minimum atomic E-state index is -0.430. The lowest BCUT2D eigenvalue weighted by Crippen LogP contribution is -2.34. The summed E-state index contributed by atoms with van der Waals surface area (Å²) in [6.07, 6.45) is 0.992. The molecule has 1 heterocycles. The largest absolute Gasteiger partial charge is 0.506 e. The van der Waals surface area contributed by atoms with E-state index in [-0.39, 0.29) is 16.3 Å². The third kappa shape index (κ3) is 1.44. The molecule has 2 nitrogen and oxygen atoms in total. The average molecular weight is 246 g/mol. The number of hydrogen-bond acceptors (Lipinski definition) is 2. The second-order valence-electron chi connectivity index (χ2n) is 3.09. The van der Waals surface area contributed by atoms with Crippen molar-refractivity contribution in [2.45, 2.75) is 12.5 Å². The molecule has 70 valence electrons. The van der Waals surface area contributed by atoms with E-state index in [1.165, 1.54) is 6.07 Å². The first-order chi connectivity index (χ1) is 6.20. The van der Waals surface area contributed by atoms with E-state index in [0.717, 1.165) is 18.5 Å². The Bertz CT molecular complexity index is 339. The molecule has 0 amide bonds. The van der Waals surface area contributed by atoms with Crippen LogP contribution in [0.25, 0.3) is 0 Å². The molecule has 1 saturated heterocycles. The zero-order valence-corrected chi connectivity index (χ0v) is 8.44. The van der Waals surface area contributed by atoms with Crippen LogP contribution in [0.15, 0.2) is 16.6 Å². The van der Waals surface area contributed by atoms with Gasteiger partial charge >= 0.3 is 0 Å². The fourth-order valence-electron chi connectivity index (χ4n) is 1.39. The molecule has 1 aromatic rings. The maximum absolute atomic E-state index is 12.9. The van der Waals surface area contributed by atoms with Crippen molar-refractivity contribution < 1.29 is 9.50 Å². The van der Waals surface area contributed by atoms with E-state index in [0.29, 0.717) is 0 Å². The lowest BCUT2D eigenvalue weighted by Gasteiger charge is -2.28. The summed E-state index contributed by atoms with van der Waals surface area (Å²) in [5, 5.41) is 12.7. The van der Waals surface area contributed by atoms with Gasteiger partial charge in [-0.15, -0.1) is 0 Å². The van der Waals surface area contributed by atoms with Crippen molar-refractivity contribution in [2.75, 3.05) is 6.54 Å². The molecule has 4 heteroatoms. The van der Waals surface area contributed by atoms with Gasteiger partial charge in [0.1, 0.15) is 11.6 Å². The Morgan fingerprint density at radius 3 is 2.77 bits per heavy atom. The first-order valence-corrected chi connectivity index (χ1v) is 4.89. The summed E-state index contributed by atoms with van der Waals surface area (Å²) >= 11 is 3.00. The van der Waals surface area contributed by atoms with Crippen molar-refractivity contribution in [2.24, 2.45) is 0 Å². The summed E-state index contributed by atoms with van der Waals surface area (Å²) < 4.78 is 13.1. The summed E-state index contributed by atoms with van der Waals surface area (Å²) in [6.45, 7) is 0.957. The summed E-state index contributed by atoms with van der Waals surface area (Å²) in [5.74, 6) is -0.419. The van der Waals surface area contributed by atoms with Crippen LogP contribution in [0.1, 0.15) is 18.0 Å². The number of halogens is 2. The van der Waals surface area contributed by atoms with E-state index in [9.17, 15) is 9.50 Å². The number of rotatable bonds is 1. The third-order valence-corrected chi connectivity index (χ3v) is 3.05. The molecule has 1 atom stereocenters. The van der Waals surface area contributed by atoms with Crippen LogP contribution in [0, 0.1) is 5.82 Å². The minimum Gasteiger partial charge on any atom is -0.506 e. The highest BCUT2D eigenvalue weighted by Gasteiger charge is 2.23. The number of phenols is 1. The Balaban J connectivity index is 2.41. The van der Waals surface area contributed by atoms with Crippen LogP contribution in [0.2, 0.25) is 0 Å². The molecule has 1 aliphatic heterocycles. The van der Waals surface area contributed by atoms with Crippen LogP contribution in [-0.4, -0.2) is 11.7 Å².